The monoisotopic (exact) mass is 439 g/mol. The predicted octanol–water partition coefficient (Wildman–Crippen LogP) is 4.43. The molecular weight excluding hydrogens is 418 g/mol. The van der Waals surface area contributed by atoms with Crippen molar-refractivity contribution in [2.24, 2.45) is 0 Å². The Morgan fingerprint density at radius 2 is 1.87 bits per heavy atom. The lowest BCUT2D eigenvalue weighted by atomic mass is 10.0. The van der Waals surface area contributed by atoms with Crippen LogP contribution in [0.15, 0.2) is 53.9 Å². The van der Waals surface area contributed by atoms with Crippen LogP contribution in [0, 0.1) is 0 Å². The number of rotatable bonds is 9. The van der Waals surface area contributed by atoms with Gasteiger partial charge in [-0.3, -0.25) is 9.59 Å². The van der Waals surface area contributed by atoms with Crippen molar-refractivity contribution >= 4 is 34.5 Å². The third-order valence-corrected chi connectivity index (χ3v) is 5.19. The van der Waals surface area contributed by atoms with E-state index in [2.05, 4.69) is 5.32 Å². The van der Waals surface area contributed by atoms with Crippen molar-refractivity contribution in [2.45, 2.75) is 6.92 Å². The van der Waals surface area contributed by atoms with E-state index in [-0.39, 0.29) is 13.2 Å². The summed E-state index contributed by atoms with van der Waals surface area (Å²) in [6.07, 6.45) is 0.692. The van der Waals surface area contributed by atoms with E-state index in [0.717, 1.165) is 5.56 Å². The minimum atomic E-state index is -0.509. The number of ether oxygens (including phenoxy) is 3. The fourth-order valence-electron chi connectivity index (χ4n) is 2.87. The molecular formula is C23H21NO6S. The lowest BCUT2D eigenvalue weighted by Gasteiger charge is -2.12. The van der Waals surface area contributed by atoms with E-state index >= 15 is 0 Å². The quantitative estimate of drug-likeness (QED) is 0.392. The van der Waals surface area contributed by atoms with Gasteiger partial charge in [-0.05, 0) is 30.7 Å². The van der Waals surface area contributed by atoms with Gasteiger partial charge in [0.25, 0.3) is 5.91 Å². The number of nitrogens with one attached hydrogen (secondary N) is 1. The van der Waals surface area contributed by atoms with Crippen molar-refractivity contribution in [3.63, 3.8) is 0 Å². The summed E-state index contributed by atoms with van der Waals surface area (Å²) in [5.74, 6) is -0.296. The first-order valence-electron chi connectivity index (χ1n) is 9.47. The molecule has 7 nitrogen and oxygen atoms in total. The van der Waals surface area contributed by atoms with E-state index in [9.17, 15) is 14.4 Å². The van der Waals surface area contributed by atoms with Crippen LogP contribution in [0.5, 0.6) is 11.5 Å². The maximum absolute atomic E-state index is 12.6. The summed E-state index contributed by atoms with van der Waals surface area (Å²) in [5.41, 5.74) is 2.27. The molecule has 160 valence electrons. The highest BCUT2D eigenvalue weighted by Gasteiger charge is 2.23. The molecule has 0 bridgehead atoms. The van der Waals surface area contributed by atoms with E-state index in [1.165, 1.54) is 24.5 Å². The first-order valence-corrected chi connectivity index (χ1v) is 10.3. The smallest absolute Gasteiger partial charge is 0.341 e. The summed E-state index contributed by atoms with van der Waals surface area (Å²) < 4.78 is 15.9. The zero-order chi connectivity index (χ0) is 22.2. The molecule has 0 spiro atoms. The molecule has 0 atom stereocenters. The SMILES string of the molecule is CCOC(=O)c1c(-c2ccccc2)csc1NC(=O)COc1ccc(C=O)cc1OC. The number of methoxy groups -OCH3 is 1. The van der Waals surface area contributed by atoms with Gasteiger partial charge in [0.05, 0.1) is 13.7 Å². The van der Waals surface area contributed by atoms with Crippen LogP contribution in [0.25, 0.3) is 11.1 Å². The minimum absolute atomic E-state index is 0.218. The van der Waals surface area contributed by atoms with Crippen LogP contribution >= 0.6 is 11.3 Å². The number of benzene rings is 2. The standard InChI is InChI=1S/C23H21NO6S/c1-3-29-23(27)21-17(16-7-5-4-6-8-16)14-31-22(21)24-20(26)13-30-18-10-9-15(12-25)11-19(18)28-2/h4-12,14H,3,13H2,1-2H3,(H,24,26). The highest BCUT2D eigenvalue weighted by Crippen LogP contribution is 2.36. The zero-order valence-corrected chi connectivity index (χ0v) is 17.9. The van der Waals surface area contributed by atoms with Crippen LogP contribution in [0.1, 0.15) is 27.6 Å². The fraction of sp³-hybridized carbons (Fsp3) is 0.174. The molecule has 0 saturated heterocycles. The Bertz CT molecular complexity index is 1080. The first-order chi connectivity index (χ1) is 15.1. The number of carbonyl (C=O) groups excluding carboxylic acids is 3. The maximum atomic E-state index is 12.6. The van der Waals surface area contributed by atoms with Gasteiger partial charge in [0.2, 0.25) is 0 Å². The summed E-state index contributed by atoms with van der Waals surface area (Å²) in [6, 6.07) is 14.0. The third-order valence-electron chi connectivity index (χ3n) is 4.29. The molecule has 8 heteroatoms. The molecule has 1 N–H and O–H groups in total. The summed E-state index contributed by atoms with van der Waals surface area (Å²) in [4.78, 5) is 36.0. The van der Waals surface area contributed by atoms with E-state index in [1.54, 1.807) is 24.4 Å². The summed E-state index contributed by atoms with van der Waals surface area (Å²) >= 11 is 1.24. The zero-order valence-electron chi connectivity index (χ0n) is 17.0. The normalized spacial score (nSPS) is 10.3. The van der Waals surface area contributed by atoms with Gasteiger partial charge in [-0.1, -0.05) is 30.3 Å². The van der Waals surface area contributed by atoms with Crippen molar-refractivity contribution in [3.05, 3.63) is 65.0 Å². The Kier molecular flexibility index (Phi) is 7.40. The van der Waals surface area contributed by atoms with E-state index in [1.807, 2.05) is 30.3 Å². The van der Waals surface area contributed by atoms with Crippen LogP contribution < -0.4 is 14.8 Å². The van der Waals surface area contributed by atoms with Gasteiger partial charge in [-0.25, -0.2) is 4.79 Å². The summed E-state index contributed by atoms with van der Waals surface area (Å²) in [7, 11) is 1.44. The Morgan fingerprint density at radius 3 is 2.55 bits per heavy atom. The molecule has 1 aromatic heterocycles. The van der Waals surface area contributed by atoms with E-state index in [0.29, 0.717) is 39.5 Å². The van der Waals surface area contributed by atoms with Crippen LogP contribution in [0.4, 0.5) is 5.00 Å². The van der Waals surface area contributed by atoms with Gasteiger partial charge < -0.3 is 19.5 Å². The minimum Gasteiger partial charge on any atom is -0.493 e. The summed E-state index contributed by atoms with van der Waals surface area (Å²) in [6.45, 7) is 1.63. The lowest BCUT2D eigenvalue weighted by Crippen LogP contribution is -2.21. The predicted molar refractivity (Wildman–Crippen MR) is 118 cm³/mol. The molecule has 0 radical (unpaired) electrons. The number of anilines is 1. The van der Waals surface area contributed by atoms with Gasteiger partial charge in [0, 0.05) is 16.5 Å². The molecule has 1 heterocycles. The number of esters is 1. The van der Waals surface area contributed by atoms with Crippen molar-refractivity contribution in [1.82, 2.24) is 0 Å². The largest absolute Gasteiger partial charge is 0.493 e. The molecule has 1 amide bonds. The Labute approximate surface area is 183 Å². The van der Waals surface area contributed by atoms with Crippen LogP contribution in [0.2, 0.25) is 0 Å². The van der Waals surface area contributed by atoms with Crippen LogP contribution in [-0.2, 0) is 9.53 Å². The second kappa shape index (κ2) is 10.4. The first kappa shape index (κ1) is 22.0. The van der Waals surface area contributed by atoms with Crippen LogP contribution in [-0.4, -0.2) is 38.5 Å². The molecule has 0 aliphatic carbocycles. The number of aldehydes is 1. The lowest BCUT2D eigenvalue weighted by molar-refractivity contribution is -0.118. The van der Waals surface area contributed by atoms with Crippen molar-refractivity contribution < 1.29 is 28.6 Å². The topological polar surface area (TPSA) is 90.9 Å². The Hall–Kier alpha value is -3.65. The highest BCUT2D eigenvalue weighted by atomic mass is 32.1. The van der Waals surface area contributed by atoms with Gasteiger partial charge in [0.1, 0.15) is 16.9 Å². The fourth-order valence-corrected chi connectivity index (χ4v) is 3.84. The molecule has 0 aliphatic heterocycles. The maximum Gasteiger partial charge on any atom is 0.341 e. The number of thiophene rings is 1. The summed E-state index contributed by atoms with van der Waals surface area (Å²) in [5, 5.41) is 4.92. The number of amides is 1. The Balaban J connectivity index is 1.77. The molecule has 3 aromatic rings. The van der Waals surface area contributed by atoms with Crippen molar-refractivity contribution in [2.75, 3.05) is 25.6 Å². The molecule has 0 unspecified atom stereocenters. The van der Waals surface area contributed by atoms with Gasteiger partial charge in [-0.2, -0.15) is 0 Å². The van der Waals surface area contributed by atoms with Crippen molar-refractivity contribution in [3.8, 4) is 22.6 Å². The number of hydrogen-bond donors (Lipinski definition) is 1. The van der Waals surface area contributed by atoms with Gasteiger partial charge >= 0.3 is 5.97 Å². The second-order valence-electron chi connectivity index (χ2n) is 6.30. The average molecular weight is 439 g/mol. The van der Waals surface area contributed by atoms with E-state index in [4.69, 9.17) is 14.2 Å². The van der Waals surface area contributed by atoms with Crippen molar-refractivity contribution in [1.29, 1.82) is 0 Å². The molecule has 2 aromatic carbocycles. The molecule has 0 fully saturated rings. The average Bonchev–Trinajstić information content (AvgIpc) is 3.21. The third kappa shape index (κ3) is 5.29. The molecule has 0 saturated carbocycles. The van der Waals surface area contributed by atoms with E-state index < -0.39 is 11.9 Å². The van der Waals surface area contributed by atoms with Gasteiger partial charge in [-0.15, -0.1) is 11.3 Å². The number of carbonyl (C=O) groups is 3. The molecule has 31 heavy (non-hydrogen) atoms. The molecule has 3 rings (SSSR count). The van der Waals surface area contributed by atoms with Crippen LogP contribution in [0.3, 0.4) is 0 Å². The van der Waals surface area contributed by atoms with Gasteiger partial charge in [0.15, 0.2) is 18.1 Å². The second-order valence-corrected chi connectivity index (χ2v) is 7.18. The number of hydrogen-bond acceptors (Lipinski definition) is 7. The highest BCUT2D eigenvalue weighted by molar-refractivity contribution is 7.15. The Morgan fingerprint density at radius 1 is 1.10 bits per heavy atom. The molecule has 0 aliphatic rings.